The zero-order valence-electron chi connectivity index (χ0n) is 10.7. The molecule has 1 aliphatic rings. The number of rotatable bonds is 1. The third-order valence-electron chi connectivity index (χ3n) is 3.48. The predicted octanol–water partition coefficient (Wildman–Crippen LogP) is 3.41. The van der Waals surface area contributed by atoms with Crippen LogP contribution in [0, 0.1) is 12.3 Å². The van der Waals surface area contributed by atoms with Crippen molar-refractivity contribution in [3.8, 4) is 0 Å². The van der Waals surface area contributed by atoms with Gasteiger partial charge in [0.05, 0.1) is 5.01 Å². The molecule has 0 unspecified atom stereocenters. The quantitative estimate of drug-likeness (QED) is 0.739. The van der Waals surface area contributed by atoms with Crippen LogP contribution in [0.4, 0.5) is 26.3 Å². The Hall–Kier alpha value is -1.32. The van der Waals surface area contributed by atoms with Gasteiger partial charge in [-0.2, -0.15) is 26.3 Å². The van der Waals surface area contributed by atoms with Crippen LogP contribution in [0.25, 0.3) is 0 Å². The lowest BCUT2D eigenvalue weighted by molar-refractivity contribution is -0.334. The van der Waals surface area contributed by atoms with E-state index >= 15 is 0 Å². The molecule has 21 heavy (non-hydrogen) atoms. The largest absolute Gasteiger partial charge is 0.404 e. The van der Waals surface area contributed by atoms with Crippen LogP contribution >= 0.6 is 11.3 Å². The number of nitrogens with zero attached hydrogens (tertiary/aromatic N) is 2. The van der Waals surface area contributed by atoms with E-state index in [1.807, 2.05) is 0 Å². The van der Waals surface area contributed by atoms with Gasteiger partial charge in [-0.1, -0.05) is 0 Å². The molecule has 1 saturated heterocycles. The Kier molecular flexibility index (Phi) is 3.71. The van der Waals surface area contributed by atoms with Gasteiger partial charge in [-0.3, -0.25) is 4.79 Å². The molecule has 0 bridgehead atoms. The minimum absolute atomic E-state index is 0.127. The van der Waals surface area contributed by atoms with Crippen molar-refractivity contribution in [2.24, 2.45) is 5.41 Å². The number of halogens is 6. The van der Waals surface area contributed by atoms with Gasteiger partial charge in [0.25, 0.3) is 5.91 Å². The van der Waals surface area contributed by atoms with Gasteiger partial charge in [-0.15, -0.1) is 11.3 Å². The van der Waals surface area contributed by atoms with Crippen LogP contribution in [-0.2, 0) is 0 Å². The number of thiazole rings is 1. The molecule has 0 aromatic carbocycles. The fraction of sp³-hybridized carbons (Fsp3) is 0.636. The molecule has 1 aliphatic heterocycles. The van der Waals surface area contributed by atoms with Crippen LogP contribution in [0.1, 0.15) is 21.9 Å². The van der Waals surface area contributed by atoms with Gasteiger partial charge in [-0.05, 0) is 13.3 Å². The molecule has 3 nitrogen and oxygen atoms in total. The van der Waals surface area contributed by atoms with Crippen molar-refractivity contribution in [2.75, 3.05) is 13.1 Å². The maximum Gasteiger partial charge on any atom is 0.404 e. The second kappa shape index (κ2) is 4.85. The van der Waals surface area contributed by atoms with Crippen molar-refractivity contribution in [1.82, 2.24) is 9.88 Å². The summed E-state index contributed by atoms with van der Waals surface area (Å²) < 4.78 is 77.3. The number of carbonyl (C=O) groups excluding carboxylic acids is 1. The molecule has 1 aromatic rings. The highest BCUT2D eigenvalue weighted by molar-refractivity contribution is 7.09. The van der Waals surface area contributed by atoms with Crippen molar-refractivity contribution in [1.29, 1.82) is 0 Å². The predicted molar refractivity (Wildman–Crippen MR) is 61.9 cm³/mol. The highest BCUT2D eigenvalue weighted by atomic mass is 32.1. The zero-order chi connectivity index (χ0) is 16.1. The summed E-state index contributed by atoms with van der Waals surface area (Å²) in [4.78, 5) is 16.3. The Morgan fingerprint density at radius 1 is 1.29 bits per heavy atom. The molecule has 1 amide bonds. The molecule has 0 aliphatic carbocycles. The van der Waals surface area contributed by atoms with E-state index in [0.29, 0.717) is 9.91 Å². The van der Waals surface area contributed by atoms with Crippen molar-refractivity contribution in [2.45, 2.75) is 25.7 Å². The first-order valence-electron chi connectivity index (χ1n) is 5.83. The van der Waals surface area contributed by atoms with Gasteiger partial charge in [0.2, 0.25) is 0 Å². The molecule has 1 aromatic heterocycles. The third kappa shape index (κ3) is 2.60. The first-order valence-corrected chi connectivity index (χ1v) is 6.71. The van der Waals surface area contributed by atoms with Crippen LogP contribution in [0.15, 0.2) is 5.38 Å². The summed E-state index contributed by atoms with van der Waals surface area (Å²) in [6, 6.07) is 0. The van der Waals surface area contributed by atoms with Crippen molar-refractivity contribution in [3.63, 3.8) is 0 Å². The number of hydrogen-bond donors (Lipinski definition) is 0. The minimum atomic E-state index is -5.46. The number of aromatic nitrogens is 1. The van der Waals surface area contributed by atoms with E-state index < -0.39 is 43.2 Å². The second-order valence-corrected chi connectivity index (χ2v) is 5.87. The molecule has 0 N–H and O–H groups in total. The monoisotopic (exact) mass is 332 g/mol. The van der Waals surface area contributed by atoms with E-state index in [9.17, 15) is 31.1 Å². The van der Waals surface area contributed by atoms with Gasteiger partial charge in [0.15, 0.2) is 5.41 Å². The van der Waals surface area contributed by atoms with Gasteiger partial charge < -0.3 is 4.90 Å². The first-order chi connectivity index (χ1) is 9.48. The fourth-order valence-corrected chi connectivity index (χ4v) is 2.82. The average Bonchev–Trinajstić information content (AvgIpc) is 2.92. The molecule has 2 heterocycles. The van der Waals surface area contributed by atoms with E-state index in [4.69, 9.17) is 0 Å². The summed E-state index contributed by atoms with van der Waals surface area (Å²) in [6.07, 6.45) is -12.1. The second-order valence-electron chi connectivity index (χ2n) is 4.81. The van der Waals surface area contributed by atoms with Crippen molar-refractivity contribution < 1.29 is 31.1 Å². The minimum Gasteiger partial charge on any atom is -0.336 e. The average molecular weight is 332 g/mol. The van der Waals surface area contributed by atoms with Crippen LogP contribution < -0.4 is 0 Å². The van der Waals surface area contributed by atoms with E-state index in [0.717, 1.165) is 11.3 Å². The lowest BCUT2D eigenvalue weighted by Crippen LogP contribution is -2.52. The molecule has 0 spiro atoms. The molecular weight excluding hydrogens is 322 g/mol. The Labute approximate surface area is 119 Å². The summed E-state index contributed by atoms with van der Waals surface area (Å²) in [5.41, 5.74) is -3.99. The van der Waals surface area contributed by atoms with Crippen molar-refractivity contribution >= 4 is 17.2 Å². The number of carbonyl (C=O) groups is 1. The fourth-order valence-electron chi connectivity index (χ4n) is 2.23. The summed E-state index contributed by atoms with van der Waals surface area (Å²) in [7, 11) is 0. The highest BCUT2D eigenvalue weighted by Gasteiger charge is 2.72. The molecule has 1 fully saturated rings. The van der Waals surface area contributed by atoms with Crippen LogP contribution in [0.3, 0.4) is 0 Å². The standard InChI is InChI=1S/C11H10F6N2OS/c1-6-18-7(4-21-6)8(20)19-3-2-9(5-19,10(12,13)14)11(15,16)17/h4H,2-3,5H2,1H3. The van der Waals surface area contributed by atoms with Gasteiger partial charge in [0, 0.05) is 18.5 Å². The number of likely N-dealkylation sites (tertiary alicyclic amines) is 1. The van der Waals surface area contributed by atoms with Crippen LogP contribution in [0.5, 0.6) is 0 Å². The molecular formula is C11H10F6N2OS. The first kappa shape index (κ1) is 16.1. The third-order valence-corrected chi connectivity index (χ3v) is 4.25. The number of hydrogen-bond acceptors (Lipinski definition) is 3. The zero-order valence-corrected chi connectivity index (χ0v) is 11.5. The summed E-state index contributed by atoms with van der Waals surface area (Å²) >= 11 is 1.10. The number of alkyl halides is 6. The molecule has 0 radical (unpaired) electrons. The lowest BCUT2D eigenvalue weighted by atomic mass is 9.85. The molecule has 2 rings (SSSR count). The smallest absolute Gasteiger partial charge is 0.336 e. The number of amides is 1. The van der Waals surface area contributed by atoms with Gasteiger partial charge in [0.1, 0.15) is 5.69 Å². The Bertz CT molecular complexity index is 536. The summed E-state index contributed by atoms with van der Waals surface area (Å²) in [5.74, 6) is -0.908. The van der Waals surface area contributed by atoms with E-state index in [1.165, 1.54) is 5.38 Å². The Morgan fingerprint density at radius 3 is 2.24 bits per heavy atom. The maximum absolute atomic E-state index is 12.9. The summed E-state index contributed by atoms with van der Waals surface area (Å²) in [6.45, 7) is -0.439. The molecule has 0 saturated carbocycles. The molecule has 10 heteroatoms. The molecule has 0 atom stereocenters. The Balaban J connectivity index is 2.27. The van der Waals surface area contributed by atoms with Crippen LogP contribution in [-0.4, -0.2) is 41.2 Å². The van der Waals surface area contributed by atoms with E-state index in [1.54, 1.807) is 6.92 Å². The molecule has 118 valence electrons. The Morgan fingerprint density at radius 2 is 1.86 bits per heavy atom. The van der Waals surface area contributed by atoms with Gasteiger partial charge >= 0.3 is 12.4 Å². The number of aryl methyl sites for hydroxylation is 1. The van der Waals surface area contributed by atoms with E-state index in [-0.39, 0.29) is 5.69 Å². The highest BCUT2D eigenvalue weighted by Crippen LogP contribution is 2.55. The summed E-state index contributed by atoms with van der Waals surface area (Å²) in [5, 5.41) is 1.83. The van der Waals surface area contributed by atoms with E-state index in [2.05, 4.69) is 4.98 Å². The van der Waals surface area contributed by atoms with Crippen LogP contribution in [0.2, 0.25) is 0 Å². The SMILES string of the molecule is Cc1nc(C(=O)N2CCC(C(F)(F)F)(C(F)(F)F)C2)cs1. The van der Waals surface area contributed by atoms with Crippen molar-refractivity contribution in [3.05, 3.63) is 16.1 Å². The topological polar surface area (TPSA) is 33.2 Å². The lowest BCUT2D eigenvalue weighted by Gasteiger charge is -2.33. The van der Waals surface area contributed by atoms with Gasteiger partial charge in [-0.25, -0.2) is 4.98 Å². The normalized spacial score (nSPS) is 19.1. The maximum atomic E-state index is 12.9.